The van der Waals surface area contributed by atoms with E-state index in [0.29, 0.717) is 0 Å². The average Bonchev–Trinajstić information content (AvgIpc) is 2.97. The second kappa shape index (κ2) is 3.87. The van der Waals surface area contributed by atoms with Crippen molar-refractivity contribution < 1.29 is 0 Å². The molecular weight excluding hydrogens is 214 g/mol. The molecule has 0 N–H and O–H groups in total. The Morgan fingerprint density at radius 3 is 3.06 bits per heavy atom. The molecule has 1 heterocycles. The molecule has 1 aromatic carbocycles. The van der Waals surface area contributed by atoms with Gasteiger partial charge >= 0.3 is 0 Å². The molecule has 0 bridgehead atoms. The van der Waals surface area contributed by atoms with Gasteiger partial charge in [-0.05, 0) is 24.0 Å². The largest absolute Gasteiger partial charge is 0.245 e. The summed E-state index contributed by atoms with van der Waals surface area (Å²) in [5.41, 5.74) is 5.65. The molecule has 1 aliphatic carbocycles. The number of rotatable bonds is 2. The van der Waals surface area contributed by atoms with Crippen molar-refractivity contribution >= 4 is 17.4 Å². The molecule has 0 atom stereocenters. The van der Waals surface area contributed by atoms with E-state index in [1.54, 1.807) is 11.3 Å². The van der Waals surface area contributed by atoms with Crippen molar-refractivity contribution in [2.24, 2.45) is 0 Å². The van der Waals surface area contributed by atoms with Gasteiger partial charge in [0.05, 0.1) is 0 Å². The number of benzene rings is 1. The van der Waals surface area contributed by atoms with Crippen LogP contribution in [0, 0.1) is 0 Å². The fraction of sp³-hybridized carbons (Fsp3) is 0.214. The summed E-state index contributed by atoms with van der Waals surface area (Å²) in [6.45, 7) is 2.22. The summed E-state index contributed by atoms with van der Waals surface area (Å²) in [5.74, 6) is 0. The van der Waals surface area contributed by atoms with Crippen LogP contribution in [-0.2, 0) is 6.42 Å². The summed E-state index contributed by atoms with van der Waals surface area (Å²) in [6, 6.07) is 6.54. The molecule has 3 rings (SSSR count). The highest BCUT2D eigenvalue weighted by Gasteiger charge is 2.16. The maximum Gasteiger partial charge on any atom is 0.123 e. The number of fused-ring (bicyclic) bond motifs is 1. The fourth-order valence-electron chi connectivity index (χ4n) is 2.21. The molecule has 0 saturated carbocycles. The lowest BCUT2D eigenvalue weighted by molar-refractivity contribution is 1.04. The van der Waals surface area contributed by atoms with Gasteiger partial charge in [0.15, 0.2) is 0 Å². The number of hydrogen-bond acceptors (Lipinski definition) is 2. The molecule has 1 aliphatic rings. The molecule has 80 valence electrons. The summed E-state index contributed by atoms with van der Waals surface area (Å²) in [7, 11) is 0. The zero-order chi connectivity index (χ0) is 11.0. The first-order chi connectivity index (χ1) is 7.88. The summed E-state index contributed by atoms with van der Waals surface area (Å²) in [4.78, 5) is 4.40. The molecular formula is C14H13NS. The Morgan fingerprint density at radius 2 is 2.31 bits per heavy atom. The first kappa shape index (κ1) is 9.79. The van der Waals surface area contributed by atoms with Crippen LogP contribution in [0.1, 0.15) is 24.5 Å². The van der Waals surface area contributed by atoms with Gasteiger partial charge in [0, 0.05) is 17.1 Å². The van der Waals surface area contributed by atoms with Gasteiger partial charge in [0.25, 0.3) is 0 Å². The minimum atomic E-state index is 1.12. The van der Waals surface area contributed by atoms with Gasteiger partial charge in [0.2, 0.25) is 0 Å². The molecule has 0 spiro atoms. The predicted molar refractivity (Wildman–Crippen MR) is 69.5 cm³/mol. The number of allylic oxidation sites excluding steroid dienone is 1. The number of nitrogens with zero attached hydrogens (tertiary/aromatic N) is 1. The van der Waals surface area contributed by atoms with Crippen LogP contribution in [0.15, 0.2) is 35.3 Å². The molecule has 0 amide bonds. The van der Waals surface area contributed by atoms with Gasteiger partial charge in [0.1, 0.15) is 5.01 Å². The number of hydrogen-bond donors (Lipinski definition) is 0. The highest BCUT2D eigenvalue weighted by atomic mass is 32.1. The quantitative estimate of drug-likeness (QED) is 0.750. The first-order valence-electron chi connectivity index (χ1n) is 5.59. The molecule has 0 radical (unpaired) electrons. The Bertz CT molecular complexity index is 538. The van der Waals surface area contributed by atoms with Gasteiger partial charge in [-0.1, -0.05) is 36.8 Å². The van der Waals surface area contributed by atoms with E-state index in [0.717, 1.165) is 17.8 Å². The lowest BCUT2D eigenvalue weighted by Crippen LogP contribution is -1.86. The van der Waals surface area contributed by atoms with E-state index in [1.165, 1.54) is 22.3 Å². The average molecular weight is 227 g/mol. The van der Waals surface area contributed by atoms with Crippen molar-refractivity contribution in [1.82, 2.24) is 4.98 Å². The molecule has 0 unspecified atom stereocenters. The summed E-state index contributed by atoms with van der Waals surface area (Å²) in [6.07, 6.45) is 6.47. The molecule has 16 heavy (non-hydrogen) atoms. The zero-order valence-corrected chi connectivity index (χ0v) is 10.1. The van der Waals surface area contributed by atoms with E-state index >= 15 is 0 Å². The van der Waals surface area contributed by atoms with Gasteiger partial charge in [-0.15, -0.1) is 11.3 Å². The van der Waals surface area contributed by atoms with E-state index in [1.807, 2.05) is 11.6 Å². The lowest BCUT2D eigenvalue weighted by Gasteiger charge is -2.03. The van der Waals surface area contributed by atoms with Crippen molar-refractivity contribution in [1.29, 1.82) is 0 Å². The third-order valence-electron chi connectivity index (χ3n) is 3.08. The van der Waals surface area contributed by atoms with Crippen LogP contribution in [0.25, 0.3) is 16.6 Å². The number of thiazole rings is 1. The maximum atomic E-state index is 4.40. The molecule has 2 aromatic rings. The third-order valence-corrected chi connectivity index (χ3v) is 3.89. The van der Waals surface area contributed by atoms with E-state index < -0.39 is 0 Å². The van der Waals surface area contributed by atoms with Crippen LogP contribution >= 0.6 is 11.3 Å². The monoisotopic (exact) mass is 227 g/mol. The van der Waals surface area contributed by atoms with Crippen LogP contribution in [0.4, 0.5) is 0 Å². The van der Waals surface area contributed by atoms with Crippen molar-refractivity contribution in [2.45, 2.75) is 19.8 Å². The predicted octanol–water partition coefficient (Wildman–Crippen LogP) is 4.16. The number of aromatic nitrogens is 1. The standard InChI is InChI=1S/C14H13NS/c1-2-10-8-11-4-3-5-12(13(11)9-10)14-15-6-7-16-14/h3-7,9H,2,8H2,1H3. The summed E-state index contributed by atoms with van der Waals surface area (Å²) >= 11 is 1.71. The molecule has 0 fully saturated rings. The smallest absolute Gasteiger partial charge is 0.123 e. The zero-order valence-electron chi connectivity index (χ0n) is 9.23. The first-order valence-corrected chi connectivity index (χ1v) is 6.47. The summed E-state index contributed by atoms with van der Waals surface area (Å²) < 4.78 is 0. The molecule has 0 aliphatic heterocycles. The van der Waals surface area contributed by atoms with Crippen molar-refractivity contribution in [3.8, 4) is 10.6 Å². The Labute approximate surface area is 99.5 Å². The molecule has 1 nitrogen and oxygen atoms in total. The molecule has 1 aromatic heterocycles. The Hall–Kier alpha value is -1.41. The van der Waals surface area contributed by atoms with Crippen molar-refractivity contribution in [3.05, 3.63) is 46.5 Å². The lowest BCUT2D eigenvalue weighted by atomic mass is 10.0. The second-order valence-electron chi connectivity index (χ2n) is 4.05. The highest BCUT2D eigenvalue weighted by Crippen LogP contribution is 2.35. The molecule has 2 heteroatoms. The SMILES string of the molecule is CCC1=Cc2c(cccc2-c2nccs2)C1. The van der Waals surface area contributed by atoms with E-state index in [2.05, 4.69) is 36.2 Å². The Kier molecular flexibility index (Phi) is 2.37. The van der Waals surface area contributed by atoms with Crippen LogP contribution in [0.3, 0.4) is 0 Å². The Morgan fingerprint density at radius 1 is 1.38 bits per heavy atom. The van der Waals surface area contributed by atoms with Crippen LogP contribution in [0.5, 0.6) is 0 Å². The minimum absolute atomic E-state index is 1.12. The van der Waals surface area contributed by atoms with Gasteiger partial charge < -0.3 is 0 Å². The van der Waals surface area contributed by atoms with E-state index in [9.17, 15) is 0 Å². The fourth-order valence-corrected chi connectivity index (χ4v) is 2.88. The van der Waals surface area contributed by atoms with Crippen LogP contribution < -0.4 is 0 Å². The van der Waals surface area contributed by atoms with Crippen molar-refractivity contribution in [2.75, 3.05) is 0 Å². The van der Waals surface area contributed by atoms with Crippen LogP contribution in [0.2, 0.25) is 0 Å². The van der Waals surface area contributed by atoms with Crippen molar-refractivity contribution in [3.63, 3.8) is 0 Å². The van der Waals surface area contributed by atoms with E-state index in [4.69, 9.17) is 0 Å². The van der Waals surface area contributed by atoms with Gasteiger partial charge in [-0.25, -0.2) is 4.98 Å². The minimum Gasteiger partial charge on any atom is -0.245 e. The highest BCUT2D eigenvalue weighted by molar-refractivity contribution is 7.13. The maximum absolute atomic E-state index is 4.40. The molecule has 0 saturated heterocycles. The van der Waals surface area contributed by atoms with Gasteiger partial charge in [-0.3, -0.25) is 0 Å². The van der Waals surface area contributed by atoms with Gasteiger partial charge in [-0.2, -0.15) is 0 Å². The third kappa shape index (κ3) is 1.50. The Balaban J connectivity index is 2.15. The summed E-state index contributed by atoms with van der Waals surface area (Å²) in [5, 5.41) is 3.17. The topological polar surface area (TPSA) is 12.9 Å². The second-order valence-corrected chi connectivity index (χ2v) is 4.94. The van der Waals surface area contributed by atoms with Crippen LogP contribution in [-0.4, -0.2) is 4.98 Å². The van der Waals surface area contributed by atoms with E-state index in [-0.39, 0.29) is 0 Å². The normalized spacial score (nSPS) is 13.7.